The predicted molar refractivity (Wildman–Crippen MR) is 57.9 cm³/mol. The van der Waals surface area contributed by atoms with Gasteiger partial charge in [-0.2, -0.15) is 4.57 Å². The molecule has 2 N–H and O–H groups in total. The van der Waals surface area contributed by atoms with Crippen LogP contribution >= 0.6 is 0 Å². The molecule has 2 heterocycles. The second-order valence-corrected chi connectivity index (χ2v) is 4.26. The Morgan fingerprint density at radius 2 is 2.05 bits per heavy atom. The summed E-state index contributed by atoms with van der Waals surface area (Å²) >= 11 is 0. The molecule has 1 aromatic rings. The van der Waals surface area contributed by atoms with E-state index in [0.29, 0.717) is 10.6 Å². The van der Waals surface area contributed by atoms with E-state index < -0.39 is 47.2 Å². The van der Waals surface area contributed by atoms with Gasteiger partial charge >= 0.3 is 12.0 Å². The minimum Gasteiger partial charge on any atom is -0.394 e. The lowest BCUT2D eigenvalue weighted by Gasteiger charge is -2.17. The minimum atomic E-state index is -5.15. The molecule has 1 aliphatic heterocycles. The smallest absolute Gasteiger partial charge is 0.394 e. The molecule has 0 bridgehead atoms. The molecule has 0 amide bonds. The minimum absolute atomic E-state index is 0.165. The van der Waals surface area contributed by atoms with E-state index in [1.807, 2.05) is 0 Å². The fraction of sp³-hybridized carbons (Fsp3) is 0.600. The van der Waals surface area contributed by atoms with E-state index in [1.54, 1.807) is 0 Å². The molecule has 2 rings (SSSR count). The zero-order valence-electron chi connectivity index (χ0n) is 9.95. The van der Waals surface area contributed by atoms with Gasteiger partial charge in [0.1, 0.15) is 12.3 Å². The molecule has 1 fully saturated rings. The maximum atomic E-state index is 12.6. The van der Waals surface area contributed by atoms with E-state index >= 15 is 0 Å². The normalized spacial score (nSPS) is 26.9. The largest absolute Gasteiger partial charge is 0.495 e. The first-order chi connectivity index (χ1) is 9.25. The van der Waals surface area contributed by atoms with Crippen LogP contribution < -0.4 is 11.2 Å². The van der Waals surface area contributed by atoms with Crippen molar-refractivity contribution in [2.75, 3.05) is 6.61 Å². The topological polar surface area (TPSA) is 93.7 Å². The molecule has 0 unspecified atom stereocenters. The quantitative estimate of drug-likeness (QED) is 0.740. The van der Waals surface area contributed by atoms with Gasteiger partial charge in [-0.3, -0.25) is 9.36 Å². The van der Waals surface area contributed by atoms with Crippen LogP contribution in [-0.4, -0.2) is 38.2 Å². The van der Waals surface area contributed by atoms with Crippen molar-refractivity contribution in [1.82, 2.24) is 9.13 Å². The van der Waals surface area contributed by atoms with E-state index in [1.165, 1.54) is 0 Å². The number of aliphatic hydroxyl groups excluding tert-OH is 2. The van der Waals surface area contributed by atoms with Crippen molar-refractivity contribution in [3.8, 4) is 0 Å². The molecule has 10 heteroatoms. The van der Waals surface area contributed by atoms with Crippen LogP contribution in [-0.2, 0) is 11.0 Å². The summed E-state index contributed by atoms with van der Waals surface area (Å²) in [6.07, 6.45) is -7.72. The first-order valence-electron chi connectivity index (χ1n) is 5.61. The molecule has 112 valence electrons. The number of aliphatic hydroxyl groups is 2. The summed E-state index contributed by atoms with van der Waals surface area (Å²) in [7, 11) is 0. The van der Waals surface area contributed by atoms with Crippen LogP contribution in [0.15, 0.2) is 21.9 Å². The fourth-order valence-electron chi connectivity index (χ4n) is 1.99. The lowest BCUT2D eigenvalue weighted by Crippen LogP contribution is -2.46. The van der Waals surface area contributed by atoms with Crippen molar-refractivity contribution in [3.63, 3.8) is 0 Å². The Kier molecular flexibility index (Phi) is 3.71. The number of rotatable bonds is 2. The van der Waals surface area contributed by atoms with Gasteiger partial charge in [-0.05, 0) is 0 Å². The molecule has 3 atom stereocenters. The lowest BCUT2D eigenvalue weighted by atomic mass is 10.2. The number of hydrogen-bond acceptors (Lipinski definition) is 5. The number of hydrogen-bond donors (Lipinski definition) is 2. The van der Waals surface area contributed by atoms with Crippen molar-refractivity contribution >= 4 is 0 Å². The van der Waals surface area contributed by atoms with Crippen LogP contribution in [0.3, 0.4) is 0 Å². The van der Waals surface area contributed by atoms with Gasteiger partial charge in [0.15, 0.2) is 0 Å². The van der Waals surface area contributed by atoms with Gasteiger partial charge in [0.25, 0.3) is 5.56 Å². The second kappa shape index (κ2) is 5.04. The van der Waals surface area contributed by atoms with Gasteiger partial charge in [-0.15, -0.1) is 13.2 Å². The second-order valence-electron chi connectivity index (χ2n) is 4.26. The Morgan fingerprint density at radius 3 is 2.55 bits per heavy atom. The summed E-state index contributed by atoms with van der Waals surface area (Å²) in [5.74, 6) is 0. The van der Waals surface area contributed by atoms with Crippen molar-refractivity contribution in [2.24, 2.45) is 0 Å². The first kappa shape index (κ1) is 14.8. The molecule has 0 spiro atoms. The molecular weight excluding hydrogens is 285 g/mol. The van der Waals surface area contributed by atoms with E-state index in [0.717, 1.165) is 6.20 Å². The third-order valence-electron chi connectivity index (χ3n) is 2.96. The van der Waals surface area contributed by atoms with Crippen LogP contribution in [0.4, 0.5) is 13.2 Å². The zero-order valence-corrected chi connectivity index (χ0v) is 9.95. The van der Waals surface area contributed by atoms with E-state index in [4.69, 9.17) is 9.84 Å². The zero-order chi connectivity index (χ0) is 15.1. The molecule has 0 aromatic carbocycles. The Balaban J connectivity index is 2.46. The van der Waals surface area contributed by atoms with Crippen LogP contribution in [0, 0.1) is 0 Å². The van der Waals surface area contributed by atoms with E-state index in [2.05, 4.69) is 0 Å². The highest BCUT2D eigenvalue weighted by Crippen LogP contribution is 2.27. The predicted octanol–water partition coefficient (Wildman–Crippen LogP) is -0.873. The third-order valence-corrected chi connectivity index (χ3v) is 2.96. The first-order valence-corrected chi connectivity index (χ1v) is 5.61. The summed E-state index contributed by atoms with van der Waals surface area (Å²) in [6, 6.07) is 0.580. The Bertz CT molecular complexity index is 608. The summed E-state index contributed by atoms with van der Waals surface area (Å²) in [5.41, 5.74) is -3.11. The van der Waals surface area contributed by atoms with Crippen LogP contribution in [0.5, 0.6) is 0 Å². The van der Waals surface area contributed by atoms with Crippen LogP contribution in [0.2, 0.25) is 0 Å². The number of aromatic nitrogens is 2. The summed E-state index contributed by atoms with van der Waals surface area (Å²) in [6.45, 7) is -0.536. The monoisotopic (exact) mass is 296 g/mol. The molecule has 1 saturated heterocycles. The number of alkyl halides is 3. The molecule has 1 aliphatic rings. The summed E-state index contributed by atoms with van der Waals surface area (Å²) < 4.78 is 42.6. The SMILES string of the molecule is O=c1ccn([C@H]2C[C@H](O)[C@@H](CO)O2)c(=O)n1C(F)(F)F. The van der Waals surface area contributed by atoms with Gasteiger partial charge in [0, 0.05) is 18.7 Å². The van der Waals surface area contributed by atoms with E-state index in [9.17, 15) is 27.9 Å². The summed E-state index contributed by atoms with van der Waals surface area (Å²) in [5, 5.41) is 18.4. The van der Waals surface area contributed by atoms with Gasteiger partial charge in [-0.1, -0.05) is 0 Å². The Morgan fingerprint density at radius 1 is 1.40 bits per heavy atom. The highest BCUT2D eigenvalue weighted by atomic mass is 19.4. The molecule has 0 radical (unpaired) electrons. The third kappa shape index (κ3) is 2.49. The molecule has 0 saturated carbocycles. The van der Waals surface area contributed by atoms with Gasteiger partial charge in [0.05, 0.1) is 12.7 Å². The van der Waals surface area contributed by atoms with Crippen molar-refractivity contribution in [1.29, 1.82) is 0 Å². The average Bonchev–Trinajstić information content (AvgIpc) is 2.68. The standard InChI is InChI=1S/C10H11F3N2O5/c11-10(12,13)15-7(18)1-2-14(9(15)19)8-3-5(17)6(4-16)20-8/h1-2,5-6,8,16-17H,3-4H2/t5-,6+,8+/m0/s1. The highest BCUT2D eigenvalue weighted by Gasteiger charge is 2.39. The van der Waals surface area contributed by atoms with Gasteiger partial charge in [-0.25, -0.2) is 4.79 Å². The highest BCUT2D eigenvalue weighted by molar-refractivity contribution is 4.91. The Labute approximate surface area is 109 Å². The fourth-order valence-corrected chi connectivity index (χ4v) is 1.99. The molecule has 20 heavy (non-hydrogen) atoms. The number of halogens is 3. The van der Waals surface area contributed by atoms with Gasteiger partial charge in [0.2, 0.25) is 0 Å². The van der Waals surface area contributed by atoms with Gasteiger partial charge < -0.3 is 14.9 Å². The molecular formula is C10H11F3N2O5. The van der Waals surface area contributed by atoms with Crippen molar-refractivity contribution in [2.45, 2.75) is 31.2 Å². The van der Waals surface area contributed by atoms with E-state index in [-0.39, 0.29) is 6.42 Å². The lowest BCUT2D eigenvalue weighted by molar-refractivity contribution is -0.210. The maximum absolute atomic E-state index is 12.6. The summed E-state index contributed by atoms with van der Waals surface area (Å²) in [4.78, 5) is 22.8. The average molecular weight is 296 g/mol. The molecule has 7 nitrogen and oxygen atoms in total. The molecule has 1 aromatic heterocycles. The molecule has 0 aliphatic carbocycles. The Hall–Kier alpha value is -1.65. The maximum Gasteiger partial charge on any atom is 0.495 e. The van der Waals surface area contributed by atoms with Crippen LogP contribution in [0.1, 0.15) is 12.6 Å². The number of nitrogens with zero attached hydrogens (tertiary/aromatic N) is 2. The van der Waals surface area contributed by atoms with Crippen molar-refractivity contribution in [3.05, 3.63) is 33.1 Å². The number of ether oxygens (including phenoxy) is 1. The van der Waals surface area contributed by atoms with Crippen molar-refractivity contribution < 1.29 is 28.1 Å². The van der Waals surface area contributed by atoms with Crippen LogP contribution in [0.25, 0.3) is 0 Å².